The molecule has 1 unspecified atom stereocenters. The SMILES string of the molecule is Cl.Cl.NC1CN(Cc2ccccc2Cl)c2ccccc21. The van der Waals surface area contributed by atoms with Crippen molar-refractivity contribution in [3.8, 4) is 0 Å². The number of benzene rings is 2. The first-order valence-electron chi connectivity index (χ1n) is 6.08. The van der Waals surface area contributed by atoms with E-state index in [0.717, 1.165) is 23.7 Å². The number of rotatable bonds is 2. The minimum atomic E-state index is 0. The maximum absolute atomic E-state index is 6.21. The molecule has 5 heteroatoms. The normalized spacial score (nSPS) is 16.1. The van der Waals surface area contributed by atoms with E-state index in [0.29, 0.717) is 0 Å². The molecule has 2 N–H and O–H groups in total. The van der Waals surface area contributed by atoms with E-state index in [2.05, 4.69) is 29.2 Å². The second kappa shape index (κ2) is 7.19. The van der Waals surface area contributed by atoms with Crippen LogP contribution in [0.3, 0.4) is 0 Å². The molecule has 0 fully saturated rings. The second-order valence-electron chi connectivity index (χ2n) is 4.64. The van der Waals surface area contributed by atoms with Crippen molar-refractivity contribution < 1.29 is 0 Å². The molecule has 0 radical (unpaired) electrons. The lowest BCUT2D eigenvalue weighted by Crippen LogP contribution is -2.24. The van der Waals surface area contributed by atoms with Gasteiger partial charge in [-0.3, -0.25) is 0 Å². The van der Waals surface area contributed by atoms with Gasteiger partial charge >= 0.3 is 0 Å². The van der Waals surface area contributed by atoms with Crippen LogP contribution >= 0.6 is 36.4 Å². The number of halogens is 3. The summed E-state index contributed by atoms with van der Waals surface area (Å²) in [6, 6.07) is 16.4. The fourth-order valence-corrected chi connectivity index (χ4v) is 2.70. The number of fused-ring (bicyclic) bond motifs is 1. The molecule has 1 heterocycles. The van der Waals surface area contributed by atoms with E-state index in [1.54, 1.807) is 0 Å². The summed E-state index contributed by atoms with van der Waals surface area (Å²) in [5.41, 5.74) is 9.75. The molecule has 2 nitrogen and oxygen atoms in total. The average Bonchev–Trinajstić information content (AvgIpc) is 2.70. The van der Waals surface area contributed by atoms with Crippen LogP contribution in [0, 0.1) is 0 Å². The molecule has 0 amide bonds. The van der Waals surface area contributed by atoms with Crippen LogP contribution in [0.25, 0.3) is 0 Å². The van der Waals surface area contributed by atoms with E-state index in [1.165, 1.54) is 11.3 Å². The van der Waals surface area contributed by atoms with E-state index in [1.807, 2.05) is 24.3 Å². The third-order valence-corrected chi connectivity index (χ3v) is 3.78. The number of hydrogen-bond donors (Lipinski definition) is 1. The number of anilines is 1. The lowest BCUT2D eigenvalue weighted by molar-refractivity contribution is 0.720. The van der Waals surface area contributed by atoms with E-state index in [-0.39, 0.29) is 30.9 Å². The van der Waals surface area contributed by atoms with Crippen LogP contribution in [0.4, 0.5) is 5.69 Å². The molecular weight excluding hydrogens is 315 g/mol. The van der Waals surface area contributed by atoms with Crippen LogP contribution in [-0.4, -0.2) is 6.54 Å². The standard InChI is InChI=1S/C15H15ClN2.2ClH/c16-13-7-3-1-5-11(13)9-18-10-14(17)12-6-2-4-8-15(12)18;;/h1-8,14H,9-10,17H2;2*1H. The third-order valence-electron chi connectivity index (χ3n) is 3.41. The quantitative estimate of drug-likeness (QED) is 0.893. The highest BCUT2D eigenvalue weighted by atomic mass is 35.5. The Morgan fingerprint density at radius 3 is 2.45 bits per heavy atom. The van der Waals surface area contributed by atoms with Gasteiger partial charge in [0.1, 0.15) is 0 Å². The molecule has 2 aromatic carbocycles. The Balaban J connectivity index is 0.000001000. The zero-order valence-electron chi connectivity index (χ0n) is 10.8. The maximum Gasteiger partial charge on any atom is 0.0493 e. The molecule has 0 saturated heterocycles. The summed E-state index contributed by atoms with van der Waals surface area (Å²) in [6.45, 7) is 1.66. The molecule has 0 spiro atoms. The third kappa shape index (κ3) is 3.21. The minimum absolute atomic E-state index is 0. The van der Waals surface area contributed by atoms with Crippen LogP contribution in [0.2, 0.25) is 5.02 Å². The van der Waals surface area contributed by atoms with Gasteiger partial charge in [0.2, 0.25) is 0 Å². The van der Waals surface area contributed by atoms with Crippen LogP contribution in [0.15, 0.2) is 48.5 Å². The van der Waals surface area contributed by atoms with E-state index < -0.39 is 0 Å². The van der Waals surface area contributed by atoms with Crippen molar-refractivity contribution in [2.24, 2.45) is 5.73 Å². The molecule has 108 valence electrons. The molecule has 1 aliphatic rings. The van der Waals surface area contributed by atoms with Crippen LogP contribution in [-0.2, 0) is 6.54 Å². The highest BCUT2D eigenvalue weighted by Crippen LogP contribution is 2.34. The van der Waals surface area contributed by atoms with Gasteiger partial charge < -0.3 is 10.6 Å². The van der Waals surface area contributed by atoms with E-state index in [4.69, 9.17) is 17.3 Å². The molecular formula is C15H17Cl3N2. The van der Waals surface area contributed by atoms with Gasteiger partial charge in [-0.2, -0.15) is 0 Å². The fourth-order valence-electron chi connectivity index (χ4n) is 2.51. The molecule has 0 aliphatic carbocycles. The number of nitrogens with two attached hydrogens (primary N) is 1. The largest absolute Gasteiger partial charge is 0.365 e. The van der Waals surface area contributed by atoms with Gasteiger partial charge in [0.05, 0.1) is 0 Å². The van der Waals surface area contributed by atoms with Crippen molar-refractivity contribution in [2.75, 3.05) is 11.4 Å². The van der Waals surface area contributed by atoms with Gasteiger partial charge in [-0.15, -0.1) is 24.8 Å². The molecule has 0 bridgehead atoms. The molecule has 0 saturated carbocycles. The molecule has 1 aliphatic heterocycles. The van der Waals surface area contributed by atoms with Crippen LogP contribution < -0.4 is 10.6 Å². The smallest absolute Gasteiger partial charge is 0.0493 e. The Morgan fingerprint density at radius 1 is 1.05 bits per heavy atom. The highest BCUT2D eigenvalue weighted by molar-refractivity contribution is 6.31. The Hall–Kier alpha value is -0.930. The number of hydrogen-bond acceptors (Lipinski definition) is 2. The predicted octanol–water partition coefficient (Wildman–Crippen LogP) is 4.20. The van der Waals surface area contributed by atoms with Gasteiger partial charge in [-0.1, -0.05) is 48.0 Å². The Labute approximate surface area is 136 Å². The van der Waals surface area contributed by atoms with Crippen molar-refractivity contribution in [1.82, 2.24) is 0 Å². The zero-order valence-corrected chi connectivity index (χ0v) is 13.2. The summed E-state index contributed by atoms with van der Waals surface area (Å²) in [5.74, 6) is 0. The number of para-hydroxylation sites is 1. The number of nitrogens with zero attached hydrogens (tertiary/aromatic N) is 1. The molecule has 1 atom stereocenters. The highest BCUT2D eigenvalue weighted by Gasteiger charge is 2.25. The monoisotopic (exact) mass is 330 g/mol. The van der Waals surface area contributed by atoms with Crippen molar-refractivity contribution in [3.63, 3.8) is 0 Å². The molecule has 2 aromatic rings. The Bertz CT molecular complexity index is 575. The van der Waals surface area contributed by atoms with Crippen molar-refractivity contribution in [1.29, 1.82) is 0 Å². The van der Waals surface area contributed by atoms with Gasteiger partial charge in [-0.25, -0.2) is 0 Å². The topological polar surface area (TPSA) is 29.3 Å². The predicted molar refractivity (Wildman–Crippen MR) is 90.4 cm³/mol. The van der Waals surface area contributed by atoms with Crippen molar-refractivity contribution >= 4 is 42.1 Å². The second-order valence-corrected chi connectivity index (χ2v) is 5.04. The molecule has 20 heavy (non-hydrogen) atoms. The fraction of sp³-hybridized carbons (Fsp3) is 0.200. The van der Waals surface area contributed by atoms with Gasteiger partial charge in [0, 0.05) is 29.8 Å². The van der Waals surface area contributed by atoms with Crippen molar-refractivity contribution in [2.45, 2.75) is 12.6 Å². The van der Waals surface area contributed by atoms with Crippen LogP contribution in [0.1, 0.15) is 17.2 Å². The van der Waals surface area contributed by atoms with Gasteiger partial charge in [0.25, 0.3) is 0 Å². The zero-order chi connectivity index (χ0) is 12.5. The summed E-state index contributed by atoms with van der Waals surface area (Å²) in [7, 11) is 0. The molecule has 3 rings (SSSR count). The Morgan fingerprint density at radius 2 is 1.70 bits per heavy atom. The average molecular weight is 332 g/mol. The van der Waals surface area contributed by atoms with E-state index in [9.17, 15) is 0 Å². The summed E-state index contributed by atoms with van der Waals surface area (Å²) in [5, 5.41) is 0.815. The Kier molecular flexibility index (Phi) is 6.15. The summed E-state index contributed by atoms with van der Waals surface area (Å²) < 4.78 is 0. The van der Waals surface area contributed by atoms with Crippen molar-refractivity contribution in [3.05, 3.63) is 64.7 Å². The first-order chi connectivity index (χ1) is 8.75. The van der Waals surface area contributed by atoms with Gasteiger partial charge in [0.15, 0.2) is 0 Å². The summed E-state index contributed by atoms with van der Waals surface area (Å²) >= 11 is 6.21. The molecule has 0 aromatic heterocycles. The summed E-state index contributed by atoms with van der Waals surface area (Å²) in [6.07, 6.45) is 0. The lowest BCUT2D eigenvalue weighted by Gasteiger charge is -2.20. The maximum atomic E-state index is 6.21. The first-order valence-corrected chi connectivity index (χ1v) is 6.46. The minimum Gasteiger partial charge on any atom is -0.365 e. The summed E-state index contributed by atoms with van der Waals surface area (Å²) in [4.78, 5) is 2.29. The van der Waals surface area contributed by atoms with Crippen LogP contribution in [0.5, 0.6) is 0 Å². The van der Waals surface area contributed by atoms with Gasteiger partial charge in [-0.05, 0) is 23.3 Å². The lowest BCUT2D eigenvalue weighted by atomic mass is 10.1. The first kappa shape index (κ1) is 17.1. The van der Waals surface area contributed by atoms with E-state index >= 15 is 0 Å².